The van der Waals surface area contributed by atoms with Gasteiger partial charge in [0.05, 0.1) is 5.69 Å². The third-order valence-corrected chi connectivity index (χ3v) is 4.97. The Morgan fingerprint density at radius 1 is 1.10 bits per heavy atom. The molecule has 2 aromatic heterocycles. The number of rotatable bonds is 4. The minimum atomic E-state index is -0.687. The Labute approximate surface area is 172 Å². The van der Waals surface area contributed by atoms with Gasteiger partial charge in [-0.1, -0.05) is 0 Å². The number of nitrogens with one attached hydrogen (secondary N) is 1. The molecule has 1 aromatic carbocycles. The van der Waals surface area contributed by atoms with Crippen LogP contribution in [0.2, 0.25) is 0 Å². The summed E-state index contributed by atoms with van der Waals surface area (Å²) in [5.74, 6) is -0.455. The highest BCUT2D eigenvalue weighted by Crippen LogP contribution is 2.29. The first-order valence-corrected chi connectivity index (χ1v) is 9.61. The van der Waals surface area contributed by atoms with Crippen LogP contribution >= 0.6 is 0 Å². The van der Waals surface area contributed by atoms with E-state index in [4.69, 9.17) is 0 Å². The molecule has 7 nitrogen and oxygen atoms in total. The van der Waals surface area contributed by atoms with E-state index in [1.54, 1.807) is 30.3 Å². The number of likely N-dealkylation sites (tertiary alicyclic amines) is 1. The molecule has 1 atom stereocenters. The molecule has 3 aromatic rings. The van der Waals surface area contributed by atoms with Gasteiger partial charge in [-0.2, -0.15) is 0 Å². The normalized spacial score (nSPS) is 16.4. The molecule has 3 heterocycles. The SMILES string of the molecule is CC(=O)N1CCCC(c2nc(Nc3cc(F)cc(F)c3)cc(-c3cncnc3)n2)C1. The van der Waals surface area contributed by atoms with Crippen molar-refractivity contribution >= 4 is 17.4 Å². The van der Waals surface area contributed by atoms with Gasteiger partial charge in [0, 0.05) is 61.7 Å². The summed E-state index contributed by atoms with van der Waals surface area (Å²) in [6.07, 6.45) is 6.38. The van der Waals surface area contributed by atoms with Crippen molar-refractivity contribution in [2.75, 3.05) is 18.4 Å². The van der Waals surface area contributed by atoms with Gasteiger partial charge in [0.15, 0.2) is 0 Å². The van der Waals surface area contributed by atoms with Crippen LogP contribution in [-0.2, 0) is 4.79 Å². The van der Waals surface area contributed by atoms with Crippen molar-refractivity contribution < 1.29 is 13.6 Å². The summed E-state index contributed by atoms with van der Waals surface area (Å²) in [4.78, 5) is 30.9. The Balaban J connectivity index is 1.72. The van der Waals surface area contributed by atoms with Crippen LogP contribution in [-0.4, -0.2) is 43.8 Å². The fraction of sp³-hybridized carbons (Fsp3) is 0.286. The van der Waals surface area contributed by atoms with E-state index < -0.39 is 11.6 Å². The lowest BCUT2D eigenvalue weighted by Gasteiger charge is -2.31. The summed E-state index contributed by atoms with van der Waals surface area (Å²) >= 11 is 0. The van der Waals surface area contributed by atoms with Crippen LogP contribution in [0.1, 0.15) is 31.5 Å². The molecule has 30 heavy (non-hydrogen) atoms. The number of hydrogen-bond donors (Lipinski definition) is 1. The zero-order valence-electron chi connectivity index (χ0n) is 16.3. The van der Waals surface area contributed by atoms with Crippen molar-refractivity contribution in [2.45, 2.75) is 25.7 Å². The van der Waals surface area contributed by atoms with Crippen molar-refractivity contribution in [3.05, 3.63) is 60.4 Å². The van der Waals surface area contributed by atoms with Crippen LogP contribution < -0.4 is 5.32 Å². The lowest BCUT2D eigenvalue weighted by Crippen LogP contribution is -2.38. The summed E-state index contributed by atoms with van der Waals surface area (Å²) in [7, 11) is 0. The second-order valence-electron chi connectivity index (χ2n) is 7.21. The minimum Gasteiger partial charge on any atom is -0.342 e. The number of carbonyl (C=O) groups excluding carboxylic acids is 1. The molecule has 1 aliphatic rings. The molecule has 0 radical (unpaired) electrons. The standard InChI is InChI=1S/C21H20F2N6O/c1-13(30)29-4-2-3-14(11-29)21-27-19(15-9-24-12-25-10-15)8-20(28-21)26-18-6-16(22)5-17(23)7-18/h5-10,12,14H,2-4,11H2,1H3,(H,26,27,28). The number of anilines is 2. The van der Waals surface area contributed by atoms with Crippen molar-refractivity contribution in [2.24, 2.45) is 0 Å². The van der Waals surface area contributed by atoms with Gasteiger partial charge in [0.25, 0.3) is 0 Å². The average molecular weight is 410 g/mol. The number of carbonyl (C=O) groups is 1. The number of nitrogens with zero attached hydrogens (tertiary/aromatic N) is 5. The molecule has 0 bridgehead atoms. The second kappa shape index (κ2) is 8.48. The predicted octanol–water partition coefficient (Wildman–Crippen LogP) is 3.68. The Kier molecular flexibility index (Phi) is 5.60. The predicted molar refractivity (Wildman–Crippen MR) is 107 cm³/mol. The average Bonchev–Trinajstić information content (AvgIpc) is 2.73. The van der Waals surface area contributed by atoms with Gasteiger partial charge in [-0.05, 0) is 25.0 Å². The number of benzene rings is 1. The molecule has 1 aliphatic heterocycles. The van der Waals surface area contributed by atoms with Gasteiger partial charge in [0.1, 0.15) is 29.6 Å². The fourth-order valence-electron chi connectivity index (χ4n) is 3.54. The fourth-order valence-corrected chi connectivity index (χ4v) is 3.54. The number of halogens is 2. The summed E-state index contributed by atoms with van der Waals surface area (Å²) in [6.45, 7) is 2.79. The van der Waals surface area contributed by atoms with Gasteiger partial charge in [0.2, 0.25) is 5.91 Å². The van der Waals surface area contributed by atoms with Gasteiger partial charge in [-0.15, -0.1) is 0 Å². The lowest BCUT2D eigenvalue weighted by molar-refractivity contribution is -0.130. The van der Waals surface area contributed by atoms with Crippen molar-refractivity contribution in [3.8, 4) is 11.3 Å². The number of amides is 1. The zero-order valence-corrected chi connectivity index (χ0v) is 16.3. The summed E-state index contributed by atoms with van der Waals surface area (Å²) < 4.78 is 27.2. The first-order chi connectivity index (χ1) is 14.5. The molecule has 154 valence electrons. The van der Waals surface area contributed by atoms with E-state index in [2.05, 4.69) is 25.3 Å². The maximum absolute atomic E-state index is 13.6. The quantitative estimate of drug-likeness (QED) is 0.706. The molecule has 1 unspecified atom stereocenters. The molecular formula is C21H20F2N6O. The monoisotopic (exact) mass is 410 g/mol. The first kappa shape index (κ1) is 19.8. The Bertz CT molecular complexity index is 1040. The van der Waals surface area contributed by atoms with E-state index in [0.717, 1.165) is 18.9 Å². The largest absolute Gasteiger partial charge is 0.342 e. The highest BCUT2D eigenvalue weighted by molar-refractivity contribution is 5.73. The summed E-state index contributed by atoms with van der Waals surface area (Å²) in [5, 5.41) is 2.96. The first-order valence-electron chi connectivity index (χ1n) is 9.61. The molecule has 1 N–H and O–H groups in total. The molecule has 0 aliphatic carbocycles. The van der Waals surface area contributed by atoms with Crippen LogP contribution in [0.5, 0.6) is 0 Å². The van der Waals surface area contributed by atoms with E-state index in [9.17, 15) is 13.6 Å². The summed E-state index contributed by atoms with van der Waals surface area (Å²) in [5.41, 5.74) is 1.51. The second-order valence-corrected chi connectivity index (χ2v) is 7.21. The van der Waals surface area contributed by atoms with Crippen molar-refractivity contribution in [1.82, 2.24) is 24.8 Å². The van der Waals surface area contributed by atoms with E-state index >= 15 is 0 Å². The maximum atomic E-state index is 13.6. The van der Waals surface area contributed by atoms with Crippen LogP contribution in [0.25, 0.3) is 11.3 Å². The van der Waals surface area contributed by atoms with E-state index in [0.29, 0.717) is 36.0 Å². The van der Waals surface area contributed by atoms with Gasteiger partial charge >= 0.3 is 0 Å². The smallest absolute Gasteiger partial charge is 0.219 e. The van der Waals surface area contributed by atoms with Crippen molar-refractivity contribution in [1.29, 1.82) is 0 Å². The third-order valence-electron chi connectivity index (χ3n) is 4.97. The highest BCUT2D eigenvalue weighted by atomic mass is 19.1. The molecule has 0 spiro atoms. The number of aromatic nitrogens is 4. The molecule has 9 heteroatoms. The van der Waals surface area contributed by atoms with E-state index in [-0.39, 0.29) is 17.5 Å². The highest BCUT2D eigenvalue weighted by Gasteiger charge is 2.26. The molecule has 1 amide bonds. The molecule has 0 saturated carbocycles. The topological polar surface area (TPSA) is 83.9 Å². The Morgan fingerprint density at radius 2 is 1.83 bits per heavy atom. The minimum absolute atomic E-state index is 0.0147. The zero-order chi connectivity index (χ0) is 21.1. The van der Waals surface area contributed by atoms with Crippen LogP contribution in [0, 0.1) is 11.6 Å². The lowest BCUT2D eigenvalue weighted by atomic mass is 9.97. The van der Waals surface area contributed by atoms with Crippen LogP contribution in [0.3, 0.4) is 0 Å². The molecule has 1 saturated heterocycles. The van der Waals surface area contributed by atoms with Gasteiger partial charge in [-0.25, -0.2) is 28.7 Å². The van der Waals surface area contributed by atoms with Gasteiger partial charge in [-0.3, -0.25) is 4.79 Å². The maximum Gasteiger partial charge on any atom is 0.219 e. The van der Waals surface area contributed by atoms with E-state index in [1.807, 2.05) is 0 Å². The number of piperidine rings is 1. The van der Waals surface area contributed by atoms with E-state index in [1.165, 1.54) is 18.5 Å². The van der Waals surface area contributed by atoms with Gasteiger partial charge < -0.3 is 10.2 Å². The van der Waals surface area contributed by atoms with Crippen molar-refractivity contribution in [3.63, 3.8) is 0 Å². The van der Waals surface area contributed by atoms with Crippen LogP contribution in [0.15, 0.2) is 43.0 Å². The third kappa shape index (κ3) is 4.56. The molecule has 1 fully saturated rings. The Morgan fingerprint density at radius 3 is 2.53 bits per heavy atom. The molecule has 4 rings (SSSR count). The molecular weight excluding hydrogens is 390 g/mol. The number of hydrogen-bond acceptors (Lipinski definition) is 6. The summed E-state index contributed by atoms with van der Waals surface area (Å²) in [6, 6.07) is 4.86. The van der Waals surface area contributed by atoms with Crippen LogP contribution in [0.4, 0.5) is 20.3 Å². The Hall–Kier alpha value is -3.49.